The van der Waals surface area contributed by atoms with Gasteiger partial charge >= 0.3 is 5.97 Å². The molecule has 0 aliphatic carbocycles. The summed E-state index contributed by atoms with van der Waals surface area (Å²) >= 11 is 0. The Morgan fingerprint density at radius 3 is 2.92 bits per heavy atom. The van der Waals surface area contributed by atoms with Crippen molar-refractivity contribution in [3.8, 4) is 0 Å². The van der Waals surface area contributed by atoms with Gasteiger partial charge in [-0.2, -0.15) is 0 Å². The van der Waals surface area contributed by atoms with E-state index < -0.39 is 12.1 Å². The molecule has 0 radical (unpaired) electrons. The predicted molar refractivity (Wildman–Crippen MR) is 40.0 cm³/mol. The molecular formula is C8H10O4. The van der Waals surface area contributed by atoms with E-state index in [9.17, 15) is 9.59 Å². The van der Waals surface area contributed by atoms with Crippen LogP contribution < -0.4 is 0 Å². The average Bonchev–Trinajstić information content (AvgIpc) is 1.96. The molecule has 1 aliphatic rings. The molecule has 4 nitrogen and oxygen atoms in total. The maximum absolute atomic E-state index is 10.9. The van der Waals surface area contributed by atoms with Crippen LogP contribution in [0.25, 0.3) is 0 Å². The number of carbonyl (C=O) groups is 2. The molecule has 0 amide bonds. The first-order valence-corrected chi connectivity index (χ1v) is 3.67. The minimum Gasteiger partial charge on any atom is -0.454 e. The molecule has 1 heterocycles. The highest BCUT2D eigenvalue weighted by atomic mass is 16.7. The van der Waals surface area contributed by atoms with Gasteiger partial charge in [-0.25, -0.2) is 0 Å². The first kappa shape index (κ1) is 8.77. The fourth-order valence-corrected chi connectivity index (χ4v) is 0.845. The Bertz CT molecular complexity index is 241. The molecule has 0 aromatic rings. The molecular weight excluding hydrogens is 160 g/mol. The molecule has 0 aromatic carbocycles. The van der Waals surface area contributed by atoms with Gasteiger partial charge in [0.2, 0.25) is 0 Å². The fourth-order valence-electron chi connectivity index (χ4n) is 0.845. The van der Waals surface area contributed by atoms with Crippen LogP contribution in [-0.4, -0.2) is 17.9 Å². The lowest BCUT2D eigenvalue weighted by atomic mass is 10.1. The highest BCUT2D eigenvalue weighted by Crippen LogP contribution is 2.14. The summed E-state index contributed by atoms with van der Waals surface area (Å²) in [6.45, 7) is 2.91. The summed E-state index contributed by atoms with van der Waals surface area (Å²) in [7, 11) is 0. The Morgan fingerprint density at radius 1 is 1.75 bits per heavy atom. The van der Waals surface area contributed by atoms with E-state index in [1.807, 2.05) is 0 Å². The molecule has 0 bridgehead atoms. The van der Waals surface area contributed by atoms with Crippen LogP contribution in [-0.2, 0) is 19.1 Å². The van der Waals surface area contributed by atoms with E-state index in [1.165, 1.54) is 13.0 Å². The van der Waals surface area contributed by atoms with Crippen molar-refractivity contribution in [3.05, 3.63) is 12.0 Å². The molecule has 0 saturated carbocycles. The molecule has 1 atom stereocenters. The van der Waals surface area contributed by atoms with Crippen molar-refractivity contribution in [2.75, 3.05) is 0 Å². The zero-order valence-electron chi connectivity index (χ0n) is 6.99. The monoisotopic (exact) mass is 170 g/mol. The third-order valence-electron chi connectivity index (χ3n) is 1.46. The lowest BCUT2D eigenvalue weighted by molar-refractivity contribution is -0.149. The number of esters is 1. The van der Waals surface area contributed by atoms with Gasteiger partial charge in [0.05, 0.1) is 0 Å². The summed E-state index contributed by atoms with van der Waals surface area (Å²) in [6, 6.07) is 0. The van der Waals surface area contributed by atoms with Gasteiger partial charge in [0.25, 0.3) is 5.95 Å². The summed E-state index contributed by atoms with van der Waals surface area (Å²) in [5.74, 6) is -0.316. The van der Waals surface area contributed by atoms with Crippen LogP contribution in [0.3, 0.4) is 0 Å². The first-order valence-electron chi connectivity index (χ1n) is 3.67. The minimum absolute atomic E-state index is 0.00842. The maximum atomic E-state index is 10.9. The third kappa shape index (κ3) is 2.08. The van der Waals surface area contributed by atoms with Crippen LogP contribution >= 0.6 is 0 Å². The number of Topliss-reactive ketones (excluding diaryl/α,β-unsaturated/α-hetero) is 1. The van der Waals surface area contributed by atoms with E-state index in [4.69, 9.17) is 4.74 Å². The number of allylic oxidation sites excluding steroid dienone is 1. The van der Waals surface area contributed by atoms with Gasteiger partial charge in [-0.15, -0.1) is 0 Å². The van der Waals surface area contributed by atoms with Gasteiger partial charge in [0, 0.05) is 19.4 Å². The van der Waals surface area contributed by atoms with Crippen molar-refractivity contribution >= 4 is 11.8 Å². The van der Waals surface area contributed by atoms with Crippen molar-refractivity contribution in [2.45, 2.75) is 26.4 Å². The summed E-state index contributed by atoms with van der Waals surface area (Å²) in [6.07, 6.45) is 1.22. The Hall–Kier alpha value is -1.32. The largest absolute Gasteiger partial charge is 0.454 e. The van der Waals surface area contributed by atoms with E-state index in [1.54, 1.807) is 6.92 Å². The normalized spacial score (nSPS) is 22.7. The second-order valence-corrected chi connectivity index (χ2v) is 2.55. The van der Waals surface area contributed by atoms with E-state index >= 15 is 0 Å². The first-order chi connectivity index (χ1) is 5.59. The van der Waals surface area contributed by atoms with E-state index in [0.717, 1.165) is 0 Å². The van der Waals surface area contributed by atoms with Crippen LogP contribution in [0.1, 0.15) is 20.3 Å². The zero-order valence-corrected chi connectivity index (χ0v) is 6.99. The Kier molecular flexibility index (Phi) is 2.47. The van der Waals surface area contributed by atoms with Gasteiger partial charge in [-0.3, -0.25) is 9.59 Å². The van der Waals surface area contributed by atoms with Crippen molar-refractivity contribution in [1.29, 1.82) is 0 Å². The van der Waals surface area contributed by atoms with Gasteiger partial charge in [0.1, 0.15) is 0 Å². The second-order valence-electron chi connectivity index (χ2n) is 2.55. The topological polar surface area (TPSA) is 52.6 Å². The van der Waals surface area contributed by atoms with E-state index in [2.05, 4.69) is 4.74 Å². The van der Waals surface area contributed by atoms with Crippen LogP contribution in [0.2, 0.25) is 0 Å². The van der Waals surface area contributed by atoms with Gasteiger partial charge < -0.3 is 9.47 Å². The van der Waals surface area contributed by atoms with Crippen molar-refractivity contribution in [2.24, 2.45) is 0 Å². The highest BCUT2D eigenvalue weighted by Gasteiger charge is 2.21. The van der Waals surface area contributed by atoms with Crippen LogP contribution in [0, 0.1) is 0 Å². The molecule has 0 aromatic heterocycles. The second kappa shape index (κ2) is 3.38. The third-order valence-corrected chi connectivity index (χ3v) is 1.46. The van der Waals surface area contributed by atoms with Crippen molar-refractivity contribution in [1.82, 2.24) is 0 Å². The minimum atomic E-state index is -0.510. The Morgan fingerprint density at radius 2 is 2.42 bits per heavy atom. The van der Waals surface area contributed by atoms with Crippen molar-refractivity contribution in [3.63, 3.8) is 0 Å². The van der Waals surface area contributed by atoms with Crippen LogP contribution in [0.15, 0.2) is 12.0 Å². The fraction of sp³-hybridized carbons (Fsp3) is 0.500. The summed E-state index contributed by atoms with van der Waals surface area (Å²) in [5.41, 5.74) is 0. The SMILES string of the molecule is CC(=O)OC1=CCC(=O)C(C)O1. The number of hydrogen-bond donors (Lipinski definition) is 0. The molecule has 1 aliphatic heterocycles. The van der Waals surface area contributed by atoms with E-state index in [0.29, 0.717) is 0 Å². The van der Waals surface area contributed by atoms with Gasteiger partial charge in [0.15, 0.2) is 11.9 Å². The quantitative estimate of drug-likeness (QED) is 0.545. The number of rotatable bonds is 1. The van der Waals surface area contributed by atoms with Crippen molar-refractivity contribution < 1.29 is 19.1 Å². The predicted octanol–water partition coefficient (Wildman–Crippen LogP) is 0.769. The number of carbonyl (C=O) groups excluding carboxylic acids is 2. The number of ether oxygens (including phenoxy) is 2. The molecule has 66 valence electrons. The number of hydrogen-bond acceptors (Lipinski definition) is 4. The average molecular weight is 170 g/mol. The molecule has 0 spiro atoms. The molecule has 12 heavy (non-hydrogen) atoms. The molecule has 0 N–H and O–H groups in total. The lowest BCUT2D eigenvalue weighted by Gasteiger charge is -2.18. The van der Waals surface area contributed by atoms with Crippen LogP contribution in [0.5, 0.6) is 0 Å². The molecule has 1 unspecified atom stereocenters. The Balaban J connectivity index is 2.58. The summed E-state index contributed by atoms with van der Waals surface area (Å²) in [4.78, 5) is 21.4. The summed E-state index contributed by atoms with van der Waals surface area (Å²) in [5, 5.41) is 0. The standard InChI is InChI=1S/C8H10O4/c1-5-7(10)3-4-8(11-5)12-6(2)9/h4-5H,3H2,1-2H3. The van der Waals surface area contributed by atoms with Gasteiger partial charge in [-0.1, -0.05) is 0 Å². The maximum Gasteiger partial charge on any atom is 0.310 e. The molecule has 1 rings (SSSR count). The lowest BCUT2D eigenvalue weighted by Crippen LogP contribution is -2.25. The molecule has 4 heteroatoms. The summed E-state index contributed by atoms with van der Waals surface area (Å²) < 4.78 is 9.64. The smallest absolute Gasteiger partial charge is 0.310 e. The molecule has 0 fully saturated rings. The highest BCUT2D eigenvalue weighted by molar-refractivity contribution is 5.85. The zero-order chi connectivity index (χ0) is 9.14. The Labute approximate surface area is 70.1 Å². The van der Waals surface area contributed by atoms with Crippen LogP contribution in [0.4, 0.5) is 0 Å². The van der Waals surface area contributed by atoms with E-state index in [-0.39, 0.29) is 18.1 Å². The van der Waals surface area contributed by atoms with Gasteiger partial charge in [-0.05, 0) is 6.92 Å². The molecule has 0 saturated heterocycles. The number of ketones is 1.